The molecule has 0 aliphatic heterocycles. The number of rotatable bonds is 6. The lowest BCUT2D eigenvalue weighted by Gasteiger charge is -2.07. The van der Waals surface area contributed by atoms with Crippen molar-refractivity contribution >= 4 is 22.6 Å². The minimum atomic E-state index is -0.222. The highest BCUT2D eigenvalue weighted by Gasteiger charge is 2.06. The second kappa shape index (κ2) is 8.05. The molecule has 28 heavy (non-hydrogen) atoms. The molecule has 5 heteroatoms. The Morgan fingerprint density at radius 2 is 1.86 bits per heavy atom. The van der Waals surface area contributed by atoms with Crippen LogP contribution >= 0.6 is 0 Å². The van der Waals surface area contributed by atoms with Crippen molar-refractivity contribution in [2.45, 2.75) is 19.3 Å². The molecule has 4 rings (SSSR count). The number of aromatic nitrogens is 2. The molecule has 0 atom stereocenters. The minimum absolute atomic E-state index is 0.0159. The zero-order valence-electron chi connectivity index (χ0n) is 15.3. The van der Waals surface area contributed by atoms with Crippen molar-refractivity contribution in [3.8, 4) is 11.1 Å². The second-order valence-electron chi connectivity index (χ2n) is 6.71. The summed E-state index contributed by atoms with van der Waals surface area (Å²) >= 11 is 0. The smallest absolute Gasteiger partial charge is 0.224 e. The van der Waals surface area contributed by atoms with E-state index in [1.165, 1.54) is 6.07 Å². The molecule has 0 saturated carbocycles. The number of hydrogen-bond donors (Lipinski definition) is 2. The summed E-state index contributed by atoms with van der Waals surface area (Å²) in [6, 6.07) is 20.2. The van der Waals surface area contributed by atoms with Gasteiger partial charge in [-0.3, -0.25) is 4.79 Å². The number of carbonyl (C=O) groups is 1. The van der Waals surface area contributed by atoms with E-state index in [1.54, 1.807) is 18.5 Å². The summed E-state index contributed by atoms with van der Waals surface area (Å²) in [4.78, 5) is 19.4. The van der Waals surface area contributed by atoms with Crippen LogP contribution in [-0.4, -0.2) is 15.9 Å². The van der Waals surface area contributed by atoms with E-state index in [1.807, 2.05) is 48.5 Å². The number of nitrogens with zero attached hydrogens (tertiary/aromatic N) is 1. The highest BCUT2D eigenvalue weighted by molar-refractivity contribution is 5.92. The number of H-pyrrole nitrogens is 1. The summed E-state index contributed by atoms with van der Waals surface area (Å²) in [6.07, 6.45) is 3.61. The van der Waals surface area contributed by atoms with E-state index in [-0.39, 0.29) is 11.7 Å². The van der Waals surface area contributed by atoms with Crippen LogP contribution in [0.1, 0.15) is 18.4 Å². The first-order chi connectivity index (χ1) is 13.7. The fraction of sp³-hybridized carbons (Fsp3) is 0.130. The molecule has 0 bridgehead atoms. The first-order valence-corrected chi connectivity index (χ1v) is 9.26. The Kier molecular flexibility index (Phi) is 5.15. The number of benzene rings is 3. The highest BCUT2D eigenvalue weighted by Crippen LogP contribution is 2.23. The summed E-state index contributed by atoms with van der Waals surface area (Å²) in [7, 11) is 0. The van der Waals surface area contributed by atoms with Crippen molar-refractivity contribution in [2.24, 2.45) is 0 Å². The van der Waals surface area contributed by atoms with E-state index in [2.05, 4.69) is 15.3 Å². The van der Waals surface area contributed by atoms with Crippen LogP contribution in [0.2, 0.25) is 0 Å². The monoisotopic (exact) mass is 373 g/mol. The molecule has 0 fully saturated rings. The quantitative estimate of drug-likeness (QED) is 0.480. The van der Waals surface area contributed by atoms with Crippen molar-refractivity contribution in [1.82, 2.24) is 9.97 Å². The molecule has 0 radical (unpaired) electrons. The summed E-state index contributed by atoms with van der Waals surface area (Å²) in [5.41, 5.74) is 5.10. The van der Waals surface area contributed by atoms with Gasteiger partial charge in [-0.15, -0.1) is 0 Å². The van der Waals surface area contributed by atoms with Crippen molar-refractivity contribution in [3.05, 3.63) is 84.4 Å². The topological polar surface area (TPSA) is 57.8 Å². The Morgan fingerprint density at radius 3 is 2.68 bits per heavy atom. The molecule has 4 nitrogen and oxygen atoms in total. The molecule has 0 unspecified atom stereocenters. The normalized spacial score (nSPS) is 10.9. The van der Waals surface area contributed by atoms with E-state index in [0.717, 1.165) is 40.7 Å². The summed E-state index contributed by atoms with van der Waals surface area (Å²) in [5, 5.41) is 2.91. The third kappa shape index (κ3) is 4.09. The number of halogens is 1. The van der Waals surface area contributed by atoms with E-state index in [0.29, 0.717) is 12.0 Å². The van der Waals surface area contributed by atoms with Crippen molar-refractivity contribution in [2.75, 3.05) is 5.32 Å². The molecule has 1 aromatic heterocycles. The number of imidazole rings is 1. The van der Waals surface area contributed by atoms with Crippen LogP contribution in [0.3, 0.4) is 0 Å². The van der Waals surface area contributed by atoms with Gasteiger partial charge in [0.25, 0.3) is 0 Å². The molecular weight excluding hydrogens is 353 g/mol. The largest absolute Gasteiger partial charge is 0.345 e. The van der Waals surface area contributed by atoms with Crippen LogP contribution in [0.25, 0.3) is 22.2 Å². The number of hydrogen-bond acceptors (Lipinski definition) is 2. The SMILES string of the molecule is O=C(CCCc1ccc(-c2ccccc2F)cc1)Nc1ccc2[nH]cnc2c1. The standard InChI is InChI=1S/C23H20FN3O/c24-20-6-2-1-5-19(20)17-10-8-16(9-11-17)4-3-7-23(28)27-18-12-13-21-22(14-18)26-15-25-21/h1-2,5-6,8-15H,3-4,7H2,(H,25,26)(H,27,28). The average molecular weight is 373 g/mol. The lowest BCUT2D eigenvalue weighted by molar-refractivity contribution is -0.116. The molecule has 2 N–H and O–H groups in total. The molecule has 4 aromatic rings. The fourth-order valence-electron chi connectivity index (χ4n) is 3.23. The number of nitrogens with one attached hydrogen (secondary N) is 2. The Labute approximate surface area is 162 Å². The number of amides is 1. The van der Waals surface area contributed by atoms with Gasteiger partial charge in [-0.05, 0) is 48.2 Å². The zero-order valence-corrected chi connectivity index (χ0v) is 15.3. The molecule has 1 amide bonds. The minimum Gasteiger partial charge on any atom is -0.345 e. The third-order valence-corrected chi connectivity index (χ3v) is 4.71. The number of aryl methyl sites for hydroxylation is 1. The van der Waals surface area contributed by atoms with Gasteiger partial charge in [0.2, 0.25) is 5.91 Å². The Morgan fingerprint density at radius 1 is 1.04 bits per heavy atom. The Balaban J connectivity index is 1.29. The molecule has 140 valence electrons. The van der Waals surface area contributed by atoms with Crippen molar-refractivity contribution < 1.29 is 9.18 Å². The molecule has 1 heterocycles. The molecule has 0 aliphatic rings. The van der Waals surface area contributed by atoms with Gasteiger partial charge in [0.1, 0.15) is 5.82 Å². The first-order valence-electron chi connectivity index (χ1n) is 9.26. The molecule has 0 spiro atoms. The van der Waals surface area contributed by atoms with Gasteiger partial charge < -0.3 is 10.3 Å². The summed E-state index contributed by atoms with van der Waals surface area (Å²) in [5.74, 6) is -0.238. The van der Waals surface area contributed by atoms with E-state index in [4.69, 9.17) is 0 Å². The van der Waals surface area contributed by atoms with Gasteiger partial charge in [0.05, 0.1) is 17.4 Å². The van der Waals surface area contributed by atoms with E-state index in [9.17, 15) is 9.18 Å². The van der Waals surface area contributed by atoms with Crippen LogP contribution in [0.4, 0.5) is 10.1 Å². The average Bonchev–Trinajstić information content (AvgIpc) is 3.17. The zero-order chi connectivity index (χ0) is 19.3. The molecular formula is C23H20FN3O. The summed E-state index contributed by atoms with van der Waals surface area (Å²) < 4.78 is 13.9. The van der Waals surface area contributed by atoms with Crippen LogP contribution in [0, 0.1) is 5.82 Å². The predicted molar refractivity (Wildman–Crippen MR) is 109 cm³/mol. The maximum Gasteiger partial charge on any atom is 0.224 e. The molecule has 3 aromatic carbocycles. The Hall–Kier alpha value is -3.47. The number of carbonyl (C=O) groups excluding carboxylic acids is 1. The van der Waals surface area contributed by atoms with Crippen LogP contribution in [0.15, 0.2) is 73.1 Å². The van der Waals surface area contributed by atoms with Gasteiger partial charge in [-0.25, -0.2) is 9.37 Å². The van der Waals surface area contributed by atoms with Crippen LogP contribution < -0.4 is 5.32 Å². The van der Waals surface area contributed by atoms with Gasteiger partial charge in [0, 0.05) is 17.7 Å². The number of aromatic amines is 1. The number of fused-ring (bicyclic) bond motifs is 1. The van der Waals surface area contributed by atoms with Crippen LogP contribution in [-0.2, 0) is 11.2 Å². The highest BCUT2D eigenvalue weighted by atomic mass is 19.1. The Bertz CT molecular complexity index is 1100. The summed E-state index contributed by atoms with van der Waals surface area (Å²) in [6.45, 7) is 0. The lowest BCUT2D eigenvalue weighted by atomic mass is 10.0. The predicted octanol–water partition coefficient (Wildman–Crippen LogP) is 5.33. The lowest BCUT2D eigenvalue weighted by Crippen LogP contribution is -2.11. The van der Waals surface area contributed by atoms with Gasteiger partial charge in [0.15, 0.2) is 0 Å². The van der Waals surface area contributed by atoms with Crippen molar-refractivity contribution in [3.63, 3.8) is 0 Å². The van der Waals surface area contributed by atoms with Gasteiger partial charge in [-0.1, -0.05) is 42.5 Å². The first kappa shape index (κ1) is 17.9. The van der Waals surface area contributed by atoms with Crippen molar-refractivity contribution in [1.29, 1.82) is 0 Å². The third-order valence-electron chi connectivity index (χ3n) is 4.71. The maximum absolute atomic E-state index is 13.9. The molecule has 0 saturated heterocycles. The fourth-order valence-corrected chi connectivity index (χ4v) is 3.23. The maximum atomic E-state index is 13.9. The van der Waals surface area contributed by atoms with Crippen LogP contribution in [0.5, 0.6) is 0 Å². The van der Waals surface area contributed by atoms with E-state index >= 15 is 0 Å². The second-order valence-corrected chi connectivity index (χ2v) is 6.71. The van der Waals surface area contributed by atoms with Gasteiger partial charge >= 0.3 is 0 Å². The van der Waals surface area contributed by atoms with E-state index < -0.39 is 0 Å². The van der Waals surface area contributed by atoms with Gasteiger partial charge in [-0.2, -0.15) is 0 Å². The number of anilines is 1. The molecule has 0 aliphatic carbocycles.